The van der Waals surface area contributed by atoms with Crippen LogP contribution in [0.2, 0.25) is 0 Å². The second kappa shape index (κ2) is 9.74. The van der Waals surface area contributed by atoms with Crippen LogP contribution >= 0.6 is 0 Å². The van der Waals surface area contributed by atoms with E-state index in [2.05, 4.69) is 0 Å². The smallest absolute Gasteiger partial charge is 0.160 e. The van der Waals surface area contributed by atoms with Gasteiger partial charge in [-0.2, -0.15) is 0 Å². The van der Waals surface area contributed by atoms with Crippen LogP contribution in [-0.2, 0) is 9.53 Å². The first-order valence-corrected chi connectivity index (χ1v) is 15.8. The van der Waals surface area contributed by atoms with Gasteiger partial charge in [-0.15, -0.1) is 0 Å². The summed E-state index contributed by atoms with van der Waals surface area (Å²) in [4.78, 5) is 14.2. The van der Waals surface area contributed by atoms with Gasteiger partial charge in [0.15, 0.2) is 5.78 Å². The minimum absolute atomic E-state index is 0.109. The highest BCUT2D eigenvalue weighted by atomic mass is 16.5. The van der Waals surface area contributed by atoms with Gasteiger partial charge in [0.25, 0.3) is 0 Å². The Hall–Kier alpha value is -2.01. The third-order valence-corrected chi connectivity index (χ3v) is 12.9. The van der Waals surface area contributed by atoms with Crippen molar-refractivity contribution < 1.29 is 45.3 Å². The maximum absolute atomic E-state index is 14.2. The highest BCUT2D eigenvalue weighted by Gasteiger charge is 2.75. The molecule has 43 heavy (non-hydrogen) atoms. The number of fused-ring (bicyclic) bond motifs is 7. The number of aliphatic hydroxyl groups excluding tert-OH is 3. The molecule has 0 bridgehead atoms. The van der Waals surface area contributed by atoms with E-state index >= 15 is 0 Å². The number of hydrogen-bond donors (Lipinski definition) is 7. The number of aliphatic hydroxyl groups is 5. The van der Waals surface area contributed by atoms with E-state index in [-0.39, 0.29) is 47.9 Å². The second-order valence-corrected chi connectivity index (χ2v) is 15.5. The van der Waals surface area contributed by atoms with Crippen LogP contribution in [0.5, 0.6) is 11.5 Å². The van der Waals surface area contributed by atoms with Gasteiger partial charge in [-0.1, -0.05) is 34.6 Å². The lowest BCUT2D eigenvalue weighted by atomic mass is 9.44. The van der Waals surface area contributed by atoms with Crippen LogP contribution in [0.4, 0.5) is 0 Å². The zero-order valence-corrected chi connectivity index (χ0v) is 25.9. The molecule has 4 aliphatic carbocycles. The zero-order chi connectivity index (χ0) is 31.6. The Kier molecular flexibility index (Phi) is 7.02. The molecule has 238 valence electrons. The molecule has 0 spiro atoms. The highest BCUT2D eigenvalue weighted by molar-refractivity contribution is 5.96. The third kappa shape index (κ3) is 4.08. The molecular weight excluding hydrogens is 552 g/mol. The van der Waals surface area contributed by atoms with E-state index in [1.807, 2.05) is 34.6 Å². The summed E-state index contributed by atoms with van der Waals surface area (Å²) in [7, 11) is 0. The molecule has 14 atom stereocenters. The van der Waals surface area contributed by atoms with Crippen molar-refractivity contribution in [3.05, 3.63) is 35.4 Å². The van der Waals surface area contributed by atoms with Gasteiger partial charge in [-0.3, -0.25) is 4.79 Å². The van der Waals surface area contributed by atoms with Crippen molar-refractivity contribution in [3.63, 3.8) is 0 Å². The maximum Gasteiger partial charge on any atom is 0.160 e. The number of ketones is 1. The molecule has 4 fully saturated rings. The van der Waals surface area contributed by atoms with Gasteiger partial charge in [0.1, 0.15) is 17.6 Å². The van der Waals surface area contributed by atoms with Crippen molar-refractivity contribution in [3.8, 4) is 11.5 Å². The van der Waals surface area contributed by atoms with Gasteiger partial charge in [0.2, 0.25) is 0 Å². The van der Waals surface area contributed by atoms with Crippen LogP contribution in [0.3, 0.4) is 0 Å². The molecule has 3 saturated carbocycles. The van der Waals surface area contributed by atoms with E-state index in [1.165, 1.54) is 24.3 Å². The predicted molar refractivity (Wildman–Crippen MR) is 157 cm³/mol. The highest BCUT2D eigenvalue weighted by Crippen LogP contribution is 2.71. The first kappa shape index (κ1) is 31.0. The van der Waals surface area contributed by atoms with Gasteiger partial charge in [0, 0.05) is 35.7 Å². The van der Waals surface area contributed by atoms with Crippen molar-refractivity contribution in [2.24, 2.45) is 40.4 Å². The summed E-state index contributed by atoms with van der Waals surface area (Å²) < 4.78 is 6.43. The quantitative estimate of drug-likeness (QED) is 0.275. The molecule has 1 heterocycles. The van der Waals surface area contributed by atoms with Gasteiger partial charge < -0.3 is 40.5 Å². The van der Waals surface area contributed by atoms with Crippen LogP contribution in [0, 0.1) is 40.4 Å². The summed E-state index contributed by atoms with van der Waals surface area (Å²) in [5.41, 5.74) is -3.60. The Morgan fingerprint density at radius 2 is 1.60 bits per heavy atom. The molecule has 9 heteroatoms. The number of phenolic OH excluding ortho intramolecular Hbond substituents is 2. The average Bonchev–Trinajstić information content (AvgIpc) is 3.30. The number of benzene rings is 1. The van der Waals surface area contributed by atoms with Crippen LogP contribution in [0.15, 0.2) is 29.8 Å². The average molecular weight is 601 g/mol. The number of hydrogen-bond acceptors (Lipinski definition) is 9. The normalized spacial score (nSPS) is 48.7. The van der Waals surface area contributed by atoms with Crippen LogP contribution < -0.4 is 0 Å². The Bertz CT molecular complexity index is 1320. The maximum atomic E-state index is 14.2. The van der Waals surface area contributed by atoms with E-state index in [0.29, 0.717) is 24.0 Å². The third-order valence-electron chi connectivity index (χ3n) is 12.9. The molecule has 9 nitrogen and oxygen atoms in total. The van der Waals surface area contributed by atoms with E-state index in [0.717, 1.165) is 0 Å². The Morgan fingerprint density at radius 3 is 2.21 bits per heavy atom. The van der Waals surface area contributed by atoms with Crippen molar-refractivity contribution >= 4 is 5.78 Å². The summed E-state index contributed by atoms with van der Waals surface area (Å²) >= 11 is 0. The van der Waals surface area contributed by atoms with Crippen LogP contribution in [0.25, 0.3) is 0 Å². The Balaban J connectivity index is 1.40. The van der Waals surface area contributed by atoms with Crippen LogP contribution in [-0.4, -0.2) is 83.3 Å². The minimum Gasteiger partial charge on any atom is -0.508 e. The van der Waals surface area contributed by atoms with Crippen molar-refractivity contribution in [1.29, 1.82) is 0 Å². The number of carbonyl (C=O) groups is 1. The number of aromatic hydroxyl groups is 2. The van der Waals surface area contributed by atoms with Crippen LogP contribution in [0.1, 0.15) is 78.7 Å². The summed E-state index contributed by atoms with van der Waals surface area (Å²) in [6, 6.07) is 3.99. The van der Waals surface area contributed by atoms with Crippen molar-refractivity contribution in [1.82, 2.24) is 0 Å². The molecule has 14 unspecified atom stereocenters. The fourth-order valence-corrected chi connectivity index (χ4v) is 10.5. The van der Waals surface area contributed by atoms with E-state index < -0.39 is 70.3 Å². The van der Waals surface area contributed by atoms with Crippen molar-refractivity contribution in [2.75, 3.05) is 0 Å². The topological polar surface area (TPSA) is 168 Å². The fourth-order valence-electron chi connectivity index (χ4n) is 10.5. The number of carbonyl (C=O) groups excluding carboxylic acids is 1. The van der Waals surface area contributed by atoms with Gasteiger partial charge >= 0.3 is 0 Å². The van der Waals surface area contributed by atoms with Gasteiger partial charge in [-0.25, -0.2) is 0 Å². The predicted octanol–water partition coefficient (Wildman–Crippen LogP) is 2.78. The fraction of sp³-hybridized carbons (Fsp3) is 0.735. The lowest BCUT2D eigenvalue weighted by Crippen LogP contribution is -2.64. The first-order valence-electron chi connectivity index (χ1n) is 15.8. The molecule has 1 aromatic rings. The summed E-state index contributed by atoms with van der Waals surface area (Å²) in [5, 5.41) is 78.7. The number of rotatable bonds is 4. The molecule has 1 aliphatic heterocycles. The molecule has 6 rings (SSSR count). The second-order valence-electron chi connectivity index (χ2n) is 15.5. The van der Waals surface area contributed by atoms with E-state index in [4.69, 9.17) is 4.74 Å². The summed E-state index contributed by atoms with van der Waals surface area (Å²) in [5.74, 6) is -3.03. The van der Waals surface area contributed by atoms with E-state index in [1.54, 1.807) is 6.92 Å². The number of phenols is 2. The molecular formula is C34H48O9. The largest absolute Gasteiger partial charge is 0.508 e. The lowest BCUT2D eigenvalue weighted by molar-refractivity contribution is -0.177. The number of ether oxygens (including phenoxy) is 1. The van der Waals surface area contributed by atoms with Gasteiger partial charge in [0.05, 0.1) is 35.6 Å². The lowest BCUT2D eigenvalue weighted by Gasteiger charge is -2.61. The molecule has 5 aliphatic rings. The Labute approximate surface area is 253 Å². The molecule has 0 amide bonds. The van der Waals surface area contributed by atoms with E-state index in [9.17, 15) is 40.5 Å². The number of allylic oxidation sites excluding steroid dienone is 1. The molecule has 0 aromatic heterocycles. The summed E-state index contributed by atoms with van der Waals surface area (Å²) in [6.07, 6.45) is -1.71. The zero-order valence-electron chi connectivity index (χ0n) is 25.9. The Morgan fingerprint density at radius 1 is 0.977 bits per heavy atom. The van der Waals surface area contributed by atoms with Crippen molar-refractivity contribution in [2.45, 2.75) is 115 Å². The molecule has 7 N–H and O–H groups in total. The molecule has 0 radical (unpaired) electrons. The standard InChI is InChI=1S/C34H48O9/c1-15(2)16(3)27(39)30-33(6,41)29-24(43-30)14-34(42)21-12-22(37)26-25(17-9-18(35)11-19(36)10-17)28(40)23(38)13-31(26,4)20(21)7-8-32(29,34)5/h9-12,15-16,20,23-30,35-36,38-42H,7-8,13-14H2,1-6H3. The first-order chi connectivity index (χ1) is 19.9. The van der Waals surface area contributed by atoms with Gasteiger partial charge in [-0.05, 0) is 78.7 Å². The monoisotopic (exact) mass is 600 g/mol. The summed E-state index contributed by atoms with van der Waals surface area (Å²) in [6.45, 7) is 11.6. The minimum atomic E-state index is -1.46. The molecule has 1 aromatic carbocycles. The SMILES string of the molecule is CC(C)C(C)C(O)C1OC2CC3(O)C4=CC(=O)C5C(c6cc(O)cc(O)c6)C(O)C(O)CC5(C)C4CCC3(C)C2C1(C)O. The molecule has 1 saturated heterocycles.